The Morgan fingerprint density at radius 3 is 2.26 bits per heavy atom. The summed E-state index contributed by atoms with van der Waals surface area (Å²) in [5.41, 5.74) is 8.56. The molecule has 1 amide bonds. The van der Waals surface area contributed by atoms with Crippen molar-refractivity contribution in [1.29, 1.82) is 0 Å². The number of rotatable bonds is 3. The Morgan fingerprint density at radius 2 is 1.74 bits per heavy atom. The van der Waals surface area contributed by atoms with Gasteiger partial charge in [-0.25, -0.2) is 0 Å². The van der Waals surface area contributed by atoms with Crippen LogP contribution in [-0.4, -0.2) is 55.0 Å². The Labute approximate surface area is 115 Å². The van der Waals surface area contributed by atoms with Gasteiger partial charge in [0.25, 0.3) is 5.91 Å². The summed E-state index contributed by atoms with van der Waals surface area (Å²) in [5.74, 6) is 0.169. The van der Waals surface area contributed by atoms with E-state index in [1.807, 2.05) is 36.9 Å². The average Bonchev–Trinajstić information content (AvgIpc) is 2.39. The zero-order valence-corrected chi connectivity index (χ0v) is 11.9. The molecule has 0 spiro atoms. The summed E-state index contributed by atoms with van der Waals surface area (Å²) in [4.78, 5) is 16.9. The standard InChI is InChI=1S/C15H23N3O/c1-12-4-3-5-13(2)14(12)15(19)18-10-8-17(7-6-16)9-11-18/h3-5H,6-11,16H2,1-2H3. The molecule has 0 bridgehead atoms. The number of nitrogens with two attached hydrogens (primary N) is 1. The molecule has 0 unspecified atom stereocenters. The van der Waals surface area contributed by atoms with Crippen molar-refractivity contribution in [3.63, 3.8) is 0 Å². The van der Waals surface area contributed by atoms with Crippen molar-refractivity contribution in [3.05, 3.63) is 34.9 Å². The lowest BCUT2D eigenvalue weighted by atomic mass is 10.0. The van der Waals surface area contributed by atoms with Gasteiger partial charge in [-0.15, -0.1) is 0 Å². The molecule has 0 atom stereocenters. The topological polar surface area (TPSA) is 49.6 Å². The maximum Gasteiger partial charge on any atom is 0.254 e. The summed E-state index contributed by atoms with van der Waals surface area (Å²) in [6, 6.07) is 6.01. The average molecular weight is 261 g/mol. The van der Waals surface area contributed by atoms with Crippen molar-refractivity contribution < 1.29 is 4.79 Å². The van der Waals surface area contributed by atoms with Gasteiger partial charge < -0.3 is 10.6 Å². The Morgan fingerprint density at radius 1 is 1.16 bits per heavy atom. The predicted octanol–water partition coefficient (Wildman–Crippen LogP) is 1.02. The lowest BCUT2D eigenvalue weighted by Crippen LogP contribution is -2.50. The van der Waals surface area contributed by atoms with Crippen molar-refractivity contribution in [1.82, 2.24) is 9.80 Å². The first-order valence-electron chi connectivity index (χ1n) is 6.91. The van der Waals surface area contributed by atoms with Crippen LogP contribution in [0.3, 0.4) is 0 Å². The van der Waals surface area contributed by atoms with E-state index in [1.165, 1.54) is 0 Å². The number of benzene rings is 1. The maximum atomic E-state index is 12.6. The van der Waals surface area contributed by atoms with Crippen LogP contribution in [0.25, 0.3) is 0 Å². The minimum absolute atomic E-state index is 0.169. The van der Waals surface area contributed by atoms with Crippen molar-refractivity contribution in [3.8, 4) is 0 Å². The summed E-state index contributed by atoms with van der Waals surface area (Å²) in [7, 11) is 0. The van der Waals surface area contributed by atoms with E-state index < -0.39 is 0 Å². The van der Waals surface area contributed by atoms with Gasteiger partial charge in [-0.05, 0) is 25.0 Å². The van der Waals surface area contributed by atoms with Gasteiger partial charge in [0.1, 0.15) is 0 Å². The van der Waals surface area contributed by atoms with Crippen LogP contribution in [0.2, 0.25) is 0 Å². The summed E-state index contributed by atoms with van der Waals surface area (Å²) in [5, 5.41) is 0. The number of hydrogen-bond donors (Lipinski definition) is 1. The quantitative estimate of drug-likeness (QED) is 0.884. The first-order valence-corrected chi connectivity index (χ1v) is 6.91. The molecule has 2 rings (SSSR count). The fourth-order valence-electron chi connectivity index (χ4n) is 2.67. The third-order valence-corrected chi connectivity index (χ3v) is 3.80. The monoisotopic (exact) mass is 261 g/mol. The highest BCUT2D eigenvalue weighted by molar-refractivity contribution is 5.97. The van der Waals surface area contributed by atoms with E-state index >= 15 is 0 Å². The predicted molar refractivity (Wildman–Crippen MR) is 77.3 cm³/mol. The van der Waals surface area contributed by atoms with E-state index in [1.54, 1.807) is 0 Å². The molecule has 1 aromatic carbocycles. The van der Waals surface area contributed by atoms with Crippen molar-refractivity contribution in [2.24, 2.45) is 5.73 Å². The second-order valence-electron chi connectivity index (χ2n) is 5.19. The van der Waals surface area contributed by atoms with Crippen LogP contribution in [-0.2, 0) is 0 Å². The van der Waals surface area contributed by atoms with Gasteiger partial charge in [0.05, 0.1) is 0 Å². The van der Waals surface area contributed by atoms with Gasteiger partial charge in [0, 0.05) is 44.8 Å². The van der Waals surface area contributed by atoms with Crippen LogP contribution in [0.15, 0.2) is 18.2 Å². The van der Waals surface area contributed by atoms with Crippen molar-refractivity contribution in [2.45, 2.75) is 13.8 Å². The molecule has 4 heteroatoms. The molecule has 1 aliphatic rings. The lowest BCUT2D eigenvalue weighted by Gasteiger charge is -2.35. The minimum Gasteiger partial charge on any atom is -0.336 e. The summed E-state index contributed by atoms with van der Waals surface area (Å²) in [6.07, 6.45) is 0. The van der Waals surface area contributed by atoms with Crippen molar-refractivity contribution in [2.75, 3.05) is 39.3 Å². The summed E-state index contributed by atoms with van der Waals surface area (Å²) >= 11 is 0. The van der Waals surface area contributed by atoms with Gasteiger partial charge in [-0.3, -0.25) is 9.69 Å². The molecule has 104 valence electrons. The number of carbonyl (C=O) groups excluding carboxylic acids is 1. The molecular weight excluding hydrogens is 238 g/mol. The Hall–Kier alpha value is -1.39. The van der Waals surface area contributed by atoms with Crippen LogP contribution in [0.5, 0.6) is 0 Å². The minimum atomic E-state index is 0.169. The van der Waals surface area contributed by atoms with Gasteiger partial charge >= 0.3 is 0 Å². The number of hydrogen-bond acceptors (Lipinski definition) is 3. The molecule has 1 aromatic rings. The molecule has 19 heavy (non-hydrogen) atoms. The number of amides is 1. The number of carbonyl (C=O) groups is 1. The second-order valence-corrected chi connectivity index (χ2v) is 5.19. The normalized spacial score (nSPS) is 16.7. The Kier molecular flexibility index (Phi) is 4.56. The van der Waals surface area contributed by atoms with Gasteiger partial charge in [-0.2, -0.15) is 0 Å². The van der Waals surface area contributed by atoms with Gasteiger partial charge in [-0.1, -0.05) is 18.2 Å². The van der Waals surface area contributed by atoms with Gasteiger partial charge in [0.15, 0.2) is 0 Å². The zero-order chi connectivity index (χ0) is 13.8. The largest absolute Gasteiger partial charge is 0.336 e. The molecule has 4 nitrogen and oxygen atoms in total. The number of aryl methyl sites for hydroxylation is 2. The molecule has 0 aliphatic carbocycles. The first-order chi connectivity index (χ1) is 9.13. The highest BCUT2D eigenvalue weighted by atomic mass is 16.2. The first kappa shape index (κ1) is 14.0. The van der Waals surface area contributed by atoms with Crippen LogP contribution >= 0.6 is 0 Å². The maximum absolute atomic E-state index is 12.6. The third kappa shape index (κ3) is 3.14. The van der Waals surface area contributed by atoms with Crippen LogP contribution in [0, 0.1) is 13.8 Å². The van der Waals surface area contributed by atoms with E-state index in [2.05, 4.69) is 4.90 Å². The van der Waals surface area contributed by atoms with Crippen molar-refractivity contribution >= 4 is 5.91 Å². The molecule has 2 N–H and O–H groups in total. The molecule has 1 heterocycles. The lowest BCUT2D eigenvalue weighted by molar-refractivity contribution is 0.0639. The van der Waals surface area contributed by atoms with E-state index in [4.69, 9.17) is 5.73 Å². The SMILES string of the molecule is Cc1cccc(C)c1C(=O)N1CCN(CCN)CC1. The molecule has 0 aromatic heterocycles. The number of piperazine rings is 1. The zero-order valence-electron chi connectivity index (χ0n) is 11.9. The highest BCUT2D eigenvalue weighted by Crippen LogP contribution is 2.17. The van der Waals surface area contributed by atoms with Crippen LogP contribution < -0.4 is 5.73 Å². The molecule has 1 aliphatic heterocycles. The van der Waals surface area contributed by atoms with Gasteiger partial charge in [0.2, 0.25) is 0 Å². The molecule has 0 radical (unpaired) electrons. The Bertz CT molecular complexity index is 430. The second kappa shape index (κ2) is 6.17. The summed E-state index contributed by atoms with van der Waals surface area (Å²) in [6.45, 7) is 9.06. The molecule has 0 saturated carbocycles. The van der Waals surface area contributed by atoms with E-state index in [9.17, 15) is 4.79 Å². The third-order valence-electron chi connectivity index (χ3n) is 3.80. The smallest absolute Gasteiger partial charge is 0.254 e. The summed E-state index contributed by atoms with van der Waals surface area (Å²) < 4.78 is 0. The molecular formula is C15H23N3O. The van der Waals surface area contributed by atoms with E-state index in [0.717, 1.165) is 49.4 Å². The fourth-order valence-corrected chi connectivity index (χ4v) is 2.67. The van der Waals surface area contributed by atoms with Crippen LogP contribution in [0.4, 0.5) is 0 Å². The van der Waals surface area contributed by atoms with E-state index in [-0.39, 0.29) is 5.91 Å². The van der Waals surface area contributed by atoms with Crippen LogP contribution in [0.1, 0.15) is 21.5 Å². The Balaban J connectivity index is 2.05. The van der Waals surface area contributed by atoms with E-state index in [0.29, 0.717) is 6.54 Å². The molecule has 1 fully saturated rings. The molecule has 1 saturated heterocycles. The number of nitrogens with zero attached hydrogens (tertiary/aromatic N) is 2. The highest BCUT2D eigenvalue weighted by Gasteiger charge is 2.23. The fraction of sp³-hybridized carbons (Fsp3) is 0.533.